The highest BCUT2D eigenvalue weighted by Gasteiger charge is 2.61. The van der Waals surface area contributed by atoms with Crippen LogP contribution in [0.25, 0.3) is 0 Å². The van der Waals surface area contributed by atoms with Crippen LogP contribution in [0.3, 0.4) is 0 Å². The predicted molar refractivity (Wildman–Crippen MR) is 141 cm³/mol. The predicted octanol–water partition coefficient (Wildman–Crippen LogP) is 6.91. The van der Waals surface area contributed by atoms with Gasteiger partial charge in [0.25, 0.3) is 0 Å². The first-order chi connectivity index (χ1) is 14.0. The standard InChI is InChI=1S/C24H52O5Si3/c1-22(2,3)30(10,11)25-16-17-18(28-31(12,13)23(4,5)6)19(20-21(26-17)27-20)29-32(14,15)24(7,8)9/h17-21H,16H2,1-15H3/t17-,18-,19+,20+,21+/m1/s1. The Hall–Kier alpha value is 0.451. The summed E-state index contributed by atoms with van der Waals surface area (Å²) in [6, 6.07) is 0. The Labute approximate surface area is 201 Å². The van der Waals surface area contributed by atoms with E-state index in [0.717, 1.165) is 0 Å². The first-order valence-corrected chi connectivity index (χ1v) is 21.0. The van der Waals surface area contributed by atoms with Gasteiger partial charge in [-0.15, -0.1) is 0 Å². The fourth-order valence-electron chi connectivity index (χ4n) is 3.05. The maximum absolute atomic E-state index is 7.04. The molecule has 0 spiro atoms. The molecule has 2 aliphatic rings. The number of rotatable bonds is 7. The second-order valence-corrected chi connectivity index (χ2v) is 28.7. The molecule has 5 nitrogen and oxygen atoms in total. The fraction of sp³-hybridized carbons (Fsp3) is 1.00. The smallest absolute Gasteiger partial charge is 0.192 e. The summed E-state index contributed by atoms with van der Waals surface area (Å²) < 4.78 is 33.0. The Bertz CT molecular complexity index is 658. The highest BCUT2D eigenvalue weighted by atomic mass is 28.4. The van der Waals surface area contributed by atoms with Gasteiger partial charge in [0.05, 0.1) is 6.61 Å². The van der Waals surface area contributed by atoms with E-state index < -0.39 is 25.0 Å². The van der Waals surface area contributed by atoms with E-state index in [-0.39, 0.29) is 45.8 Å². The quantitative estimate of drug-likeness (QED) is 0.278. The Morgan fingerprint density at radius 2 is 1.00 bits per heavy atom. The van der Waals surface area contributed by atoms with E-state index in [1.807, 2.05) is 0 Å². The maximum atomic E-state index is 7.04. The summed E-state index contributed by atoms with van der Waals surface area (Å²) in [6.07, 6.45) is -0.716. The second kappa shape index (κ2) is 8.84. The van der Waals surface area contributed by atoms with Crippen LogP contribution in [-0.2, 0) is 22.8 Å². The molecule has 0 aromatic carbocycles. The summed E-state index contributed by atoms with van der Waals surface area (Å²) in [4.78, 5) is 0. The lowest BCUT2D eigenvalue weighted by Gasteiger charge is -2.48. The zero-order valence-electron chi connectivity index (χ0n) is 23.6. The van der Waals surface area contributed by atoms with Crippen molar-refractivity contribution in [3.8, 4) is 0 Å². The minimum atomic E-state index is -2.06. The van der Waals surface area contributed by atoms with Crippen molar-refractivity contribution in [3.63, 3.8) is 0 Å². The van der Waals surface area contributed by atoms with E-state index in [1.54, 1.807) is 0 Å². The van der Waals surface area contributed by atoms with Gasteiger partial charge in [-0.3, -0.25) is 0 Å². The third kappa shape index (κ3) is 6.17. The number of fused-ring (bicyclic) bond motifs is 1. The normalized spacial score (nSPS) is 30.3. The number of hydrogen-bond acceptors (Lipinski definition) is 5. The van der Waals surface area contributed by atoms with E-state index in [1.165, 1.54) is 0 Å². The molecule has 0 aromatic rings. The largest absolute Gasteiger partial charge is 0.414 e. The number of hydrogen-bond donors (Lipinski definition) is 0. The van der Waals surface area contributed by atoms with Crippen molar-refractivity contribution >= 4 is 25.0 Å². The summed E-state index contributed by atoms with van der Waals surface area (Å²) in [5.41, 5.74) is 0. The van der Waals surface area contributed by atoms with E-state index in [2.05, 4.69) is 102 Å². The molecule has 0 bridgehead atoms. The van der Waals surface area contributed by atoms with Crippen molar-refractivity contribution in [2.45, 2.75) is 147 Å². The molecule has 0 unspecified atom stereocenters. The summed E-state index contributed by atoms with van der Waals surface area (Å²) >= 11 is 0. The van der Waals surface area contributed by atoms with Gasteiger partial charge in [-0.25, -0.2) is 0 Å². The lowest BCUT2D eigenvalue weighted by Crippen LogP contribution is -2.61. The third-order valence-corrected chi connectivity index (χ3v) is 22.1. The van der Waals surface area contributed by atoms with Crippen LogP contribution in [0, 0.1) is 0 Å². The third-order valence-electron chi connectivity index (χ3n) is 8.69. The first-order valence-electron chi connectivity index (χ1n) is 12.3. The maximum Gasteiger partial charge on any atom is 0.192 e. The molecule has 0 N–H and O–H groups in total. The summed E-state index contributed by atoms with van der Waals surface area (Å²) in [5, 5.41) is 0.359. The van der Waals surface area contributed by atoms with Crippen molar-refractivity contribution in [2.24, 2.45) is 0 Å². The van der Waals surface area contributed by atoms with E-state index in [9.17, 15) is 0 Å². The van der Waals surface area contributed by atoms with Crippen molar-refractivity contribution in [2.75, 3.05) is 6.61 Å². The van der Waals surface area contributed by atoms with Crippen LogP contribution in [0.15, 0.2) is 0 Å². The van der Waals surface area contributed by atoms with Gasteiger partial charge in [-0.05, 0) is 54.4 Å². The van der Waals surface area contributed by atoms with Crippen molar-refractivity contribution < 1.29 is 22.8 Å². The van der Waals surface area contributed by atoms with Crippen LogP contribution in [-0.4, -0.2) is 62.3 Å². The Balaban J connectivity index is 2.35. The molecule has 2 heterocycles. The summed E-state index contributed by atoms with van der Waals surface area (Å²) in [7, 11) is -6.00. The van der Waals surface area contributed by atoms with E-state index >= 15 is 0 Å². The molecule has 2 aliphatic heterocycles. The van der Waals surface area contributed by atoms with Crippen LogP contribution in [0.4, 0.5) is 0 Å². The van der Waals surface area contributed by atoms with Gasteiger partial charge in [-0.2, -0.15) is 0 Å². The summed E-state index contributed by atoms with van der Waals surface area (Å²) in [6.45, 7) is 34.9. The SMILES string of the molecule is CC(C)(C)[Si](C)(C)OC[C@H]1O[C@H]2O[C@H]2[C@@H](O[Si](C)(C)C(C)(C)C)[C@@H]1O[Si](C)(C)C(C)(C)C. The van der Waals surface area contributed by atoms with E-state index in [0.29, 0.717) is 6.61 Å². The van der Waals surface area contributed by atoms with Gasteiger partial charge in [0, 0.05) is 0 Å². The van der Waals surface area contributed by atoms with Crippen molar-refractivity contribution in [1.29, 1.82) is 0 Å². The molecular weight excluding hydrogens is 453 g/mol. The van der Waals surface area contributed by atoms with Crippen LogP contribution in [0.2, 0.25) is 54.4 Å². The fourth-order valence-corrected chi connectivity index (χ4v) is 6.69. The van der Waals surface area contributed by atoms with Crippen molar-refractivity contribution in [3.05, 3.63) is 0 Å². The average molecular weight is 505 g/mol. The van der Waals surface area contributed by atoms with Crippen LogP contribution < -0.4 is 0 Å². The minimum Gasteiger partial charge on any atom is -0.414 e. The van der Waals surface area contributed by atoms with Crippen molar-refractivity contribution in [1.82, 2.24) is 0 Å². The monoisotopic (exact) mass is 504 g/mol. The molecule has 0 aromatic heterocycles. The van der Waals surface area contributed by atoms with Gasteiger partial charge in [0.2, 0.25) is 0 Å². The van der Waals surface area contributed by atoms with Gasteiger partial charge < -0.3 is 22.8 Å². The molecule has 8 heteroatoms. The molecule has 0 aliphatic carbocycles. The zero-order valence-corrected chi connectivity index (χ0v) is 26.6. The van der Waals surface area contributed by atoms with Gasteiger partial charge >= 0.3 is 0 Å². The van der Waals surface area contributed by atoms with Crippen LogP contribution in [0.1, 0.15) is 62.3 Å². The molecule has 32 heavy (non-hydrogen) atoms. The van der Waals surface area contributed by atoms with Gasteiger partial charge in [0.1, 0.15) is 24.4 Å². The average Bonchev–Trinajstić information content (AvgIpc) is 3.31. The Morgan fingerprint density at radius 1 is 0.594 bits per heavy atom. The highest BCUT2D eigenvalue weighted by Crippen LogP contribution is 2.47. The van der Waals surface area contributed by atoms with Gasteiger partial charge in [-0.1, -0.05) is 62.3 Å². The molecule has 0 amide bonds. The lowest BCUT2D eigenvalue weighted by molar-refractivity contribution is -0.133. The topological polar surface area (TPSA) is 49.5 Å². The second-order valence-electron chi connectivity index (χ2n) is 14.4. The van der Waals surface area contributed by atoms with Crippen LogP contribution in [0.5, 0.6) is 0 Å². The number of ether oxygens (including phenoxy) is 2. The zero-order chi connectivity index (χ0) is 25.1. The molecule has 5 atom stereocenters. The summed E-state index contributed by atoms with van der Waals surface area (Å²) in [5.74, 6) is 0. The molecule has 0 radical (unpaired) electrons. The molecule has 2 saturated heterocycles. The Morgan fingerprint density at radius 3 is 1.41 bits per heavy atom. The van der Waals surface area contributed by atoms with Gasteiger partial charge in [0.15, 0.2) is 31.2 Å². The van der Waals surface area contributed by atoms with Crippen LogP contribution >= 0.6 is 0 Å². The number of epoxide rings is 1. The highest BCUT2D eigenvalue weighted by molar-refractivity contribution is 6.75. The first kappa shape index (κ1) is 28.7. The minimum absolute atomic E-state index is 0.0389. The molecule has 2 fully saturated rings. The Kier molecular flexibility index (Phi) is 7.92. The van der Waals surface area contributed by atoms with E-state index in [4.69, 9.17) is 22.8 Å². The molecule has 0 saturated carbocycles. The molecular formula is C24H52O5Si3. The lowest BCUT2D eigenvalue weighted by atomic mass is 10.0. The molecule has 2 rings (SSSR count). The molecule has 190 valence electrons.